The first-order chi connectivity index (χ1) is 6.99. The normalized spacial score (nSPS) is 12.0. The molecule has 0 amide bonds. The van der Waals surface area contributed by atoms with Crippen LogP contribution in [0.4, 0.5) is 0 Å². The summed E-state index contributed by atoms with van der Waals surface area (Å²) in [5, 5.41) is 3.48. The second-order valence-corrected chi connectivity index (χ2v) is 5.45. The molecule has 0 aliphatic carbocycles. The largest absolute Gasteiger partial charge is 0.353 e. The molecule has 0 aliphatic rings. The van der Waals surface area contributed by atoms with E-state index in [0.717, 1.165) is 13.1 Å². The molecule has 0 radical (unpaired) electrons. The summed E-state index contributed by atoms with van der Waals surface area (Å²) in [6.07, 6.45) is 4.63. The Kier molecular flexibility index (Phi) is 4.40. The topological polar surface area (TPSA) is 17.0 Å². The monoisotopic (exact) mass is 208 g/mol. The zero-order valence-corrected chi connectivity index (χ0v) is 10.5. The maximum absolute atomic E-state index is 3.48. The maximum Gasteiger partial charge on any atom is 0.0359 e. The van der Waals surface area contributed by atoms with Crippen LogP contribution in [0, 0.1) is 5.41 Å². The van der Waals surface area contributed by atoms with Crippen LogP contribution in [0.5, 0.6) is 0 Å². The Labute approximate surface area is 93.7 Å². The van der Waals surface area contributed by atoms with Crippen molar-refractivity contribution in [2.75, 3.05) is 6.54 Å². The lowest BCUT2D eigenvalue weighted by molar-refractivity contribution is 0.360. The average Bonchev–Trinajstić information content (AvgIpc) is 2.49. The molecule has 0 aliphatic heterocycles. The summed E-state index contributed by atoms with van der Waals surface area (Å²) in [5.74, 6) is 0. The Bertz CT molecular complexity index is 281. The lowest BCUT2D eigenvalue weighted by Gasteiger charge is -2.17. The molecule has 0 bridgehead atoms. The minimum Gasteiger partial charge on any atom is -0.353 e. The molecule has 86 valence electrons. The van der Waals surface area contributed by atoms with Crippen molar-refractivity contribution >= 4 is 0 Å². The molecule has 1 heterocycles. The van der Waals surface area contributed by atoms with E-state index >= 15 is 0 Å². The van der Waals surface area contributed by atoms with Crippen LogP contribution < -0.4 is 5.32 Å². The first kappa shape index (κ1) is 12.3. The van der Waals surface area contributed by atoms with Crippen LogP contribution in [0.15, 0.2) is 18.3 Å². The summed E-state index contributed by atoms with van der Waals surface area (Å²) < 4.78 is 2.16. The van der Waals surface area contributed by atoms with E-state index in [2.05, 4.69) is 56.0 Å². The van der Waals surface area contributed by atoms with Gasteiger partial charge in [0.1, 0.15) is 0 Å². The van der Waals surface area contributed by atoms with Crippen molar-refractivity contribution in [1.29, 1.82) is 0 Å². The predicted molar refractivity (Wildman–Crippen MR) is 65.8 cm³/mol. The molecule has 0 unspecified atom stereocenters. The van der Waals surface area contributed by atoms with E-state index in [1.807, 2.05) is 0 Å². The summed E-state index contributed by atoms with van der Waals surface area (Å²) in [5.41, 5.74) is 1.82. The molecule has 2 heteroatoms. The van der Waals surface area contributed by atoms with Gasteiger partial charge in [-0.05, 0) is 36.9 Å². The highest BCUT2D eigenvalue weighted by Gasteiger charge is 2.08. The highest BCUT2D eigenvalue weighted by Crippen LogP contribution is 2.19. The van der Waals surface area contributed by atoms with Gasteiger partial charge >= 0.3 is 0 Å². The molecule has 1 rings (SSSR count). The number of nitrogens with one attached hydrogen (secondary N) is 1. The van der Waals surface area contributed by atoms with E-state index in [1.54, 1.807) is 0 Å². The third-order valence-electron chi connectivity index (χ3n) is 2.64. The van der Waals surface area contributed by atoms with Crippen molar-refractivity contribution < 1.29 is 0 Å². The number of aryl methyl sites for hydroxylation is 1. The molecule has 0 atom stereocenters. The lowest BCUT2D eigenvalue weighted by atomic mass is 9.91. The molecule has 2 nitrogen and oxygen atoms in total. The highest BCUT2D eigenvalue weighted by molar-refractivity contribution is 5.05. The minimum atomic E-state index is 0.465. The van der Waals surface area contributed by atoms with Crippen molar-refractivity contribution in [1.82, 2.24) is 9.88 Å². The molecule has 1 N–H and O–H groups in total. The van der Waals surface area contributed by atoms with Crippen molar-refractivity contribution in [2.45, 2.75) is 40.2 Å². The van der Waals surface area contributed by atoms with Gasteiger partial charge in [-0.1, -0.05) is 20.8 Å². The first-order valence-electron chi connectivity index (χ1n) is 5.80. The van der Waals surface area contributed by atoms with Crippen molar-refractivity contribution in [2.24, 2.45) is 12.5 Å². The number of rotatable bonds is 5. The fraction of sp³-hybridized carbons (Fsp3) is 0.692. The molecule has 1 aromatic rings. The molecule has 0 fully saturated rings. The van der Waals surface area contributed by atoms with Gasteiger partial charge in [0.25, 0.3) is 0 Å². The van der Waals surface area contributed by atoms with E-state index < -0.39 is 0 Å². The Morgan fingerprint density at radius 2 is 2.07 bits per heavy atom. The third-order valence-corrected chi connectivity index (χ3v) is 2.64. The summed E-state index contributed by atoms with van der Waals surface area (Å²) in [6.45, 7) is 8.98. The smallest absolute Gasteiger partial charge is 0.0359 e. The lowest BCUT2D eigenvalue weighted by Crippen LogP contribution is -2.18. The van der Waals surface area contributed by atoms with Gasteiger partial charge < -0.3 is 9.88 Å². The van der Waals surface area contributed by atoms with Crippen molar-refractivity contribution in [3.05, 3.63) is 24.0 Å². The Hall–Kier alpha value is -0.760. The maximum atomic E-state index is 3.48. The van der Waals surface area contributed by atoms with Crippen LogP contribution in [-0.4, -0.2) is 11.1 Å². The van der Waals surface area contributed by atoms with Crippen LogP contribution >= 0.6 is 0 Å². The SMILES string of the molecule is Cn1cccc1CNCCCC(C)(C)C. The molecular weight excluding hydrogens is 184 g/mol. The van der Waals surface area contributed by atoms with E-state index in [1.165, 1.54) is 18.5 Å². The Morgan fingerprint density at radius 1 is 1.33 bits per heavy atom. The highest BCUT2D eigenvalue weighted by atomic mass is 15.0. The molecule has 1 aromatic heterocycles. The molecule has 0 aromatic carbocycles. The average molecular weight is 208 g/mol. The molecule has 0 saturated heterocycles. The van der Waals surface area contributed by atoms with Crippen LogP contribution in [0.1, 0.15) is 39.3 Å². The van der Waals surface area contributed by atoms with E-state index in [4.69, 9.17) is 0 Å². The van der Waals surface area contributed by atoms with Crippen LogP contribution in [0.25, 0.3) is 0 Å². The second kappa shape index (κ2) is 5.36. The molecule has 0 saturated carbocycles. The Morgan fingerprint density at radius 3 is 2.60 bits per heavy atom. The summed E-state index contributed by atoms with van der Waals surface area (Å²) in [6, 6.07) is 4.25. The van der Waals surface area contributed by atoms with Gasteiger partial charge in [-0.15, -0.1) is 0 Å². The van der Waals surface area contributed by atoms with Gasteiger partial charge in [0, 0.05) is 25.5 Å². The molecule has 15 heavy (non-hydrogen) atoms. The summed E-state index contributed by atoms with van der Waals surface area (Å²) in [7, 11) is 2.09. The summed E-state index contributed by atoms with van der Waals surface area (Å²) in [4.78, 5) is 0. The Balaban J connectivity index is 2.10. The number of aromatic nitrogens is 1. The third kappa shape index (κ3) is 5.03. The number of hydrogen-bond acceptors (Lipinski definition) is 1. The fourth-order valence-corrected chi connectivity index (χ4v) is 1.64. The second-order valence-electron chi connectivity index (χ2n) is 5.45. The minimum absolute atomic E-state index is 0.465. The standard InChI is InChI=1S/C13H24N2/c1-13(2,3)8-6-9-14-11-12-7-5-10-15(12)4/h5,7,10,14H,6,8-9,11H2,1-4H3. The first-order valence-corrected chi connectivity index (χ1v) is 5.80. The predicted octanol–water partition coefficient (Wildman–Crippen LogP) is 2.94. The van der Waals surface area contributed by atoms with Gasteiger partial charge in [-0.3, -0.25) is 0 Å². The van der Waals surface area contributed by atoms with Gasteiger partial charge in [0.15, 0.2) is 0 Å². The van der Waals surface area contributed by atoms with E-state index in [0.29, 0.717) is 5.41 Å². The van der Waals surface area contributed by atoms with E-state index in [-0.39, 0.29) is 0 Å². The quantitative estimate of drug-likeness (QED) is 0.736. The van der Waals surface area contributed by atoms with Crippen LogP contribution in [-0.2, 0) is 13.6 Å². The number of hydrogen-bond donors (Lipinski definition) is 1. The fourth-order valence-electron chi connectivity index (χ4n) is 1.64. The van der Waals surface area contributed by atoms with Gasteiger partial charge in [-0.2, -0.15) is 0 Å². The molecule has 0 spiro atoms. The van der Waals surface area contributed by atoms with E-state index in [9.17, 15) is 0 Å². The zero-order valence-electron chi connectivity index (χ0n) is 10.5. The van der Waals surface area contributed by atoms with Gasteiger partial charge in [0.2, 0.25) is 0 Å². The van der Waals surface area contributed by atoms with Crippen LogP contribution in [0.3, 0.4) is 0 Å². The van der Waals surface area contributed by atoms with Crippen LogP contribution in [0.2, 0.25) is 0 Å². The van der Waals surface area contributed by atoms with Crippen molar-refractivity contribution in [3.8, 4) is 0 Å². The molecular formula is C13H24N2. The van der Waals surface area contributed by atoms with Gasteiger partial charge in [-0.25, -0.2) is 0 Å². The zero-order chi connectivity index (χ0) is 11.3. The number of nitrogens with zero attached hydrogens (tertiary/aromatic N) is 1. The van der Waals surface area contributed by atoms with Gasteiger partial charge in [0.05, 0.1) is 0 Å². The summed E-state index contributed by atoms with van der Waals surface area (Å²) >= 11 is 0. The van der Waals surface area contributed by atoms with Crippen molar-refractivity contribution in [3.63, 3.8) is 0 Å².